The molecule has 1 unspecified atom stereocenters. The molecular weight excluding hydrogens is 413 g/mol. The number of carbonyl (C=O) groups is 3. The summed E-state index contributed by atoms with van der Waals surface area (Å²) in [5.74, 6) is -0.552. The molecule has 2 fully saturated rings. The van der Waals surface area contributed by atoms with Crippen molar-refractivity contribution < 1.29 is 14.4 Å². The van der Waals surface area contributed by atoms with Gasteiger partial charge < -0.3 is 15.1 Å². The van der Waals surface area contributed by atoms with Crippen LogP contribution in [-0.2, 0) is 14.4 Å². The maximum absolute atomic E-state index is 12.9. The van der Waals surface area contributed by atoms with Crippen LogP contribution in [0.5, 0.6) is 0 Å². The molecule has 2 aliphatic rings. The van der Waals surface area contributed by atoms with E-state index >= 15 is 0 Å². The fraction of sp³-hybridized carbons (Fsp3) is 0.571. The number of nitrogens with one attached hydrogen (secondary N) is 1. The van der Waals surface area contributed by atoms with Crippen molar-refractivity contribution in [2.45, 2.75) is 45.6 Å². The zero-order valence-corrected chi connectivity index (χ0v) is 18.5. The fourth-order valence-corrected chi connectivity index (χ4v) is 4.32. The Hall–Kier alpha value is -1.79. The van der Waals surface area contributed by atoms with Crippen LogP contribution >= 0.6 is 23.2 Å². The minimum absolute atomic E-state index is 0.0156. The third kappa shape index (κ3) is 4.86. The maximum Gasteiger partial charge on any atom is 0.227 e. The summed E-state index contributed by atoms with van der Waals surface area (Å²) in [6, 6.07) is 5.11. The van der Waals surface area contributed by atoms with Crippen molar-refractivity contribution >= 4 is 46.6 Å². The molecule has 8 heteroatoms. The Bertz CT molecular complexity index is 814. The second-order valence-electron chi connectivity index (χ2n) is 8.77. The first-order valence-corrected chi connectivity index (χ1v) is 10.7. The van der Waals surface area contributed by atoms with Crippen molar-refractivity contribution in [3.8, 4) is 0 Å². The second-order valence-corrected chi connectivity index (χ2v) is 9.55. The molecule has 3 amide bonds. The highest BCUT2D eigenvalue weighted by molar-refractivity contribution is 6.44. The summed E-state index contributed by atoms with van der Waals surface area (Å²) >= 11 is 12.1. The van der Waals surface area contributed by atoms with Gasteiger partial charge in [0.2, 0.25) is 17.7 Å². The van der Waals surface area contributed by atoms with Crippen LogP contribution < -0.4 is 5.32 Å². The lowest BCUT2D eigenvalue weighted by Crippen LogP contribution is -2.46. The van der Waals surface area contributed by atoms with E-state index in [1.54, 1.807) is 28.0 Å². The number of hydrogen-bond acceptors (Lipinski definition) is 3. The van der Waals surface area contributed by atoms with E-state index in [9.17, 15) is 14.4 Å². The molecule has 0 aromatic heterocycles. The molecule has 2 aliphatic heterocycles. The van der Waals surface area contributed by atoms with Crippen molar-refractivity contribution in [2.75, 3.05) is 25.0 Å². The summed E-state index contributed by atoms with van der Waals surface area (Å²) in [6.45, 7) is 7.44. The zero-order valence-electron chi connectivity index (χ0n) is 17.0. The number of halogens is 2. The number of likely N-dealkylation sites (tertiary alicyclic amines) is 2. The largest absolute Gasteiger partial charge is 0.342 e. The number of benzene rings is 1. The molecular formula is C21H27Cl2N3O3. The average Bonchev–Trinajstić information content (AvgIpc) is 3.07. The maximum atomic E-state index is 12.9. The van der Waals surface area contributed by atoms with Crippen molar-refractivity contribution in [3.05, 3.63) is 28.2 Å². The average molecular weight is 440 g/mol. The smallest absolute Gasteiger partial charge is 0.227 e. The summed E-state index contributed by atoms with van der Waals surface area (Å²) in [4.78, 5) is 41.3. The van der Waals surface area contributed by atoms with E-state index in [0.29, 0.717) is 48.2 Å². The second kappa shape index (κ2) is 8.52. The molecule has 2 heterocycles. The number of nitrogens with zero attached hydrogens (tertiary/aromatic N) is 2. The minimum Gasteiger partial charge on any atom is -0.342 e. The summed E-state index contributed by atoms with van der Waals surface area (Å²) in [7, 11) is 0. The number of carbonyl (C=O) groups excluding carboxylic acids is 3. The van der Waals surface area contributed by atoms with Crippen LogP contribution in [0.15, 0.2) is 18.2 Å². The van der Waals surface area contributed by atoms with E-state index in [1.165, 1.54) is 0 Å². The van der Waals surface area contributed by atoms with Crippen LogP contribution in [0.3, 0.4) is 0 Å². The van der Waals surface area contributed by atoms with Crippen molar-refractivity contribution in [1.29, 1.82) is 0 Å². The van der Waals surface area contributed by atoms with E-state index in [4.69, 9.17) is 23.2 Å². The molecule has 0 saturated carbocycles. The van der Waals surface area contributed by atoms with Crippen molar-refractivity contribution in [2.24, 2.45) is 11.8 Å². The normalized spacial score (nSPS) is 20.9. The molecule has 0 bridgehead atoms. The van der Waals surface area contributed by atoms with E-state index in [1.807, 2.05) is 20.8 Å². The number of rotatable bonds is 3. The standard InChI is InChI=1S/C21H27Cl2N3O3/c1-21(2,3)26-12-14(11-17(26)27)20(29)25-9-7-13(8-10-25)19(28)24-16-6-4-5-15(22)18(16)23/h4-6,13-14H,7-12H2,1-3H3,(H,24,28). The van der Waals surface area contributed by atoms with Gasteiger partial charge in [0.1, 0.15) is 0 Å². The van der Waals surface area contributed by atoms with Crippen LogP contribution in [0, 0.1) is 11.8 Å². The molecule has 3 rings (SSSR count). The third-order valence-corrected chi connectivity index (χ3v) is 6.49. The van der Waals surface area contributed by atoms with Gasteiger partial charge in [-0.1, -0.05) is 29.3 Å². The van der Waals surface area contributed by atoms with Gasteiger partial charge in [0, 0.05) is 37.5 Å². The van der Waals surface area contributed by atoms with Crippen LogP contribution in [0.2, 0.25) is 10.0 Å². The van der Waals surface area contributed by atoms with Crippen molar-refractivity contribution in [3.63, 3.8) is 0 Å². The number of anilines is 1. The lowest BCUT2D eigenvalue weighted by atomic mass is 9.94. The predicted molar refractivity (Wildman–Crippen MR) is 114 cm³/mol. The molecule has 158 valence electrons. The lowest BCUT2D eigenvalue weighted by Gasteiger charge is -2.34. The van der Waals surface area contributed by atoms with Gasteiger partial charge >= 0.3 is 0 Å². The Morgan fingerprint density at radius 1 is 1.10 bits per heavy atom. The Kier molecular flexibility index (Phi) is 6.44. The Labute approximate surface area is 181 Å². The Morgan fingerprint density at radius 3 is 2.34 bits per heavy atom. The first-order chi connectivity index (χ1) is 13.6. The number of amides is 3. The van der Waals surface area contributed by atoms with E-state index in [2.05, 4.69) is 5.32 Å². The molecule has 0 spiro atoms. The summed E-state index contributed by atoms with van der Waals surface area (Å²) < 4.78 is 0. The molecule has 1 aromatic carbocycles. The highest BCUT2D eigenvalue weighted by Crippen LogP contribution is 2.31. The van der Waals surface area contributed by atoms with Gasteiger partial charge in [-0.3, -0.25) is 14.4 Å². The first-order valence-electron chi connectivity index (χ1n) is 9.92. The summed E-state index contributed by atoms with van der Waals surface area (Å²) in [5, 5.41) is 3.55. The molecule has 1 N–H and O–H groups in total. The quantitative estimate of drug-likeness (QED) is 0.777. The zero-order chi connectivity index (χ0) is 21.3. The monoisotopic (exact) mass is 439 g/mol. The molecule has 0 radical (unpaired) electrons. The third-order valence-electron chi connectivity index (χ3n) is 5.67. The van der Waals surface area contributed by atoms with Gasteiger partial charge in [-0.15, -0.1) is 0 Å². The minimum atomic E-state index is -0.294. The molecule has 2 saturated heterocycles. The van der Waals surface area contributed by atoms with Gasteiger partial charge in [-0.2, -0.15) is 0 Å². The summed E-state index contributed by atoms with van der Waals surface area (Å²) in [6.07, 6.45) is 1.43. The van der Waals surface area contributed by atoms with Gasteiger partial charge in [-0.25, -0.2) is 0 Å². The molecule has 6 nitrogen and oxygen atoms in total. The topological polar surface area (TPSA) is 69.7 Å². The van der Waals surface area contributed by atoms with Crippen LogP contribution in [0.4, 0.5) is 5.69 Å². The first kappa shape index (κ1) is 21.9. The lowest BCUT2D eigenvalue weighted by molar-refractivity contribution is -0.138. The number of piperidine rings is 1. The predicted octanol–water partition coefficient (Wildman–Crippen LogP) is 3.82. The van der Waals surface area contributed by atoms with E-state index in [0.717, 1.165) is 0 Å². The van der Waals surface area contributed by atoms with E-state index in [-0.39, 0.29) is 41.5 Å². The molecule has 1 atom stereocenters. The molecule has 29 heavy (non-hydrogen) atoms. The molecule has 1 aromatic rings. The molecule has 0 aliphatic carbocycles. The van der Waals surface area contributed by atoms with Crippen LogP contribution in [0.1, 0.15) is 40.0 Å². The van der Waals surface area contributed by atoms with Crippen molar-refractivity contribution in [1.82, 2.24) is 9.80 Å². The SMILES string of the molecule is CC(C)(C)N1CC(C(=O)N2CCC(C(=O)Nc3cccc(Cl)c3Cl)CC2)CC1=O. The fourth-order valence-electron chi connectivity index (χ4n) is 3.98. The van der Waals surface area contributed by atoms with Gasteiger partial charge in [0.25, 0.3) is 0 Å². The Balaban J connectivity index is 1.54. The van der Waals surface area contributed by atoms with Gasteiger partial charge in [0.05, 0.1) is 21.7 Å². The van der Waals surface area contributed by atoms with Crippen LogP contribution in [-0.4, -0.2) is 52.7 Å². The van der Waals surface area contributed by atoms with Crippen LogP contribution in [0.25, 0.3) is 0 Å². The summed E-state index contributed by atoms with van der Waals surface area (Å²) in [5.41, 5.74) is 0.216. The van der Waals surface area contributed by atoms with Gasteiger partial charge in [-0.05, 0) is 45.7 Å². The van der Waals surface area contributed by atoms with E-state index < -0.39 is 0 Å². The highest BCUT2D eigenvalue weighted by atomic mass is 35.5. The number of hydrogen-bond donors (Lipinski definition) is 1. The highest BCUT2D eigenvalue weighted by Gasteiger charge is 2.41. The van der Waals surface area contributed by atoms with Gasteiger partial charge in [0.15, 0.2) is 0 Å². The Morgan fingerprint density at radius 2 is 1.76 bits per heavy atom.